The number of guanidine groups is 1. The van der Waals surface area contributed by atoms with Gasteiger partial charge in [-0.25, -0.2) is 4.99 Å². The number of ether oxygens (including phenoxy) is 1. The molecule has 1 aromatic carbocycles. The fraction of sp³-hybridized carbons (Fsp3) is 0.611. The number of aliphatic imine (C=N–C) groups is 1. The Labute approximate surface area is 139 Å². The summed E-state index contributed by atoms with van der Waals surface area (Å²) in [5.74, 6) is 1.11. The molecule has 0 spiro atoms. The standard InChI is InChI=1S/C18H29N3O2/c1-3-19-17(20-13-15-6-4-7-16(22)12-15)21-14-18(8-5-9-18)10-11-23-2/h4,6-7,12,22H,3,5,8-11,13-14H2,1-2H3,(H2,19,20,21). The Kier molecular flexibility index (Phi) is 6.71. The first kappa shape index (κ1) is 17.6. The molecule has 0 aromatic heterocycles. The van der Waals surface area contributed by atoms with Crippen molar-refractivity contribution in [3.05, 3.63) is 29.8 Å². The summed E-state index contributed by atoms with van der Waals surface area (Å²) in [5.41, 5.74) is 1.36. The summed E-state index contributed by atoms with van der Waals surface area (Å²) in [6.07, 6.45) is 4.93. The number of hydrogen-bond donors (Lipinski definition) is 3. The summed E-state index contributed by atoms with van der Waals surface area (Å²) in [6, 6.07) is 7.24. The molecule has 0 bridgehead atoms. The topological polar surface area (TPSA) is 65.9 Å². The van der Waals surface area contributed by atoms with Gasteiger partial charge in [-0.1, -0.05) is 18.6 Å². The Morgan fingerprint density at radius 3 is 2.78 bits per heavy atom. The van der Waals surface area contributed by atoms with Crippen LogP contribution in [0.2, 0.25) is 0 Å². The van der Waals surface area contributed by atoms with Crippen molar-refractivity contribution in [3.8, 4) is 5.75 Å². The highest BCUT2D eigenvalue weighted by Gasteiger charge is 2.36. The van der Waals surface area contributed by atoms with E-state index < -0.39 is 0 Å². The second kappa shape index (κ2) is 8.77. The largest absolute Gasteiger partial charge is 0.508 e. The third-order valence-corrected chi connectivity index (χ3v) is 4.56. The normalized spacial score (nSPS) is 16.7. The Bertz CT molecular complexity index is 513. The number of nitrogens with zero attached hydrogens (tertiary/aromatic N) is 1. The number of benzene rings is 1. The Hall–Kier alpha value is -1.75. The fourth-order valence-electron chi connectivity index (χ4n) is 2.95. The van der Waals surface area contributed by atoms with Gasteiger partial charge in [0.25, 0.3) is 0 Å². The second-order valence-corrected chi connectivity index (χ2v) is 6.31. The van der Waals surface area contributed by atoms with Gasteiger partial charge in [-0.05, 0) is 49.3 Å². The summed E-state index contributed by atoms with van der Waals surface area (Å²) in [5, 5.41) is 16.3. The van der Waals surface area contributed by atoms with Crippen LogP contribution in [0.25, 0.3) is 0 Å². The van der Waals surface area contributed by atoms with Crippen LogP contribution in [-0.2, 0) is 11.3 Å². The molecule has 0 amide bonds. The van der Waals surface area contributed by atoms with E-state index in [9.17, 15) is 5.11 Å². The number of methoxy groups -OCH3 is 1. The molecule has 3 N–H and O–H groups in total. The maximum Gasteiger partial charge on any atom is 0.191 e. The minimum atomic E-state index is 0.281. The Balaban J connectivity index is 1.91. The number of aromatic hydroxyl groups is 1. The van der Waals surface area contributed by atoms with Crippen molar-refractivity contribution in [1.29, 1.82) is 0 Å². The van der Waals surface area contributed by atoms with Crippen molar-refractivity contribution in [1.82, 2.24) is 10.6 Å². The van der Waals surface area contributed by atoms with Gasteiger partial charge in [-0.3, -0.25) is 0 Å². The molecule has 1 aromatic rings. The van der Waals surface area contributed by atoms with E-state index in [2.05, 4.69) is 22.5 Å². The van der Waals surface area contributed by atoms with Crippen molar-refractivity contribution in [2.75, 3.05) is 26.8 Å². The summed E-state index contributed by atoms with van der Waals surface area (Å²) in [6.45, 7) is 5.20. The molecule has 1 aliphatic carbocycles. The SMILES string of the molecule is CCNC(=NCc1cccc(O)c1)NCC1(CCOC)CCC1. The molecule has 0 atom stereocenters. The first-order valence-electron chi connectivity index (χ1n) is 8.46. The van der Waals surface area contributed by atoms with Gasteiger partial charge in [0.05, 0.1) is 6.54 Å². The zero-order valence-electron chi connectivity index (χ0n) is 14.3. The smallest absolute Gasteiger partial charge is 0.191 e. The molecule has 0 unspecified atom stereocenters. The van der Waals surface area contributed by atoms with Crippen LogP contribution in [0.15, 0.2) is 29.3 Å². The van der Waals surface area contributed by atoms with Gasteiger partial charge < -0.3 is 20.5 Å². The van der Waals surface area contributed by atoms with E-state index in [1.165, 1.54) is 19.3 Å². The van der Waals surface area contributed by atoms with E-state index in [4.69, 9.17) is 4.74 Å². The highest BCUT2D eigenvalue weighted by Crippen LogP contribution is 2.43. The molecule has 5 nitrogen and oxygen atoms in total. The molecule has 0 radical (unpaired) electrons. The molecule has 128 valence electrons. The molecule has 0 heterocycles. The second-order valence-electron chi connectivity index (χ2n) is 6.31. The van der Waals surface area contributed by atoms with Crippen LogP contribution < -0.4 is 10.6 Å². The van der Waals surface area contributed by atoms with Gasteiger partial charge in [0.2, 0.25) is 0 Å². The number of nitrogens with one attached hydrogen (secondary N) is 2. The van der Waals surface area contributed by atoms with Crippen LogP contribution in [-0.4, -0.2) is 37.9 Å². The van der Waals surface area contributed by atoms with Crippen LogP contribution in [0.4, 0.5) is 0 Å². The molecule has 1 saturated carbocycles. The lowest BCUT2D eigenvalue weighted by molar-refractivity contribution is 0.0732. The molecule has 0 aliphatic heterocycles. The molecule has 0 saturated heterocycles. The number of phenols is 1. The van der Waals surface area contributed by atoms with Crippen LogP contribution >= 0.6 is 0 Å². The highest BCUT2D eigenvalue weighted by molar-refractivity contribution is 5.79. The lowest BCUT2D eigenvalue weighted by Gasteiger charge is -2.42. The minimum absolute atomic E-state index is 0.281. The van der Waals surface area contributed by atoms with E-state index in [-0.39, 0.29) is 5.75 Å². The van der Waals surface area contributed by atoms with Crippen LogP contribution in [0, 0.1) is 5.41 Å². The first-order valence-corrected chi connectivity index (χ1v) is 8.46. The van der Waals surface area contributed by atoms with Gasteiger partial charge in [0, 0.05) is 26.8 Å². The third kappa shape index (κ3) is 5.43. The first-order chi connectivity index (χ1) is 11.2. The van der Waals surface area contributed by atoms with E-state index in [0.717, 1.165) is 37.6 Å². The zero-order chi connectivity index (χ0) is 16.5. The predicted octanol–water partition coefficient (Wildman–Crippen LogP) is 2.65. The Morgan fingerprint density at radius 1 is 1.35 bits per heavy atom. The molecule has 2 rings (SSSR count). The molecule has 5 heteroatoms. The van der Waals surface area contributed by atoms with Crippen molar-refractivity contribution < 1.29 is 9.84 Å². The summed E-state index contributed by atoms with van der Waals surface area (Å²) >= 11 is 0. The van der Waals surface area contributed by atoms with Gasteiger partial charge in [0.1, 0.15) is 5.75 Å². The van der Waals surface area contributed by atoms with E-state index in [1.54, 1.807) is 19.2 Å². The van der Waals surface area contributed by atoms with Crippen LogP contribution in [0.5, 0.6) is 5.75 Å². The lowest BCUT2D eigenvalue weighted by atomic mass is 9.67. The van der Waals surface area contributed by atoms with Crippen molar-refractivity contribution >= 4 is 5.96 Å². The molecular formula is C18H29N3O2. The van der Waals surface area contributed by atoms with E-state index >= 15 is 0 Å². The van der Waals surface area contributed by atoms with Gasteiger partial charge in [-0.2, -0.15) is 0 Å². The Morgan fingerprint density at radius 2 is 2.17 bits per heavy atom. The van der Waals surface area contributed by atoms with Gasteiger partial charge >= 0.3 is 0 Å². The number of hydrogen-bond acceptors (Lipinski definition) is 3. The number of rotatable bonds is 8. The monoisotopic (exact) mass is 319 g/mol. The average molecular weight is 319 g/mol. The van der Waals surface area contributed by atoms with Crippen LogP contribution in [0.1, 0.15) is 38.2 Å². The molecular weight excluding hydrogens is 290 g/mol. The maximum atomic E-state index is 9.52. The maximum absolute atomic E-state index is 9.52. The summed E-state index contributed by atoms with van der Waals surface area (Å²) in [7, 11) is 1.76. The predicted molar refractivity (Wildman–Crippen MR) is 93.7 cm³/mol. The van der Waals surface area contributed by atoms with Crippen molar-refractivity contribution in [3.63, 3.8) is 0 Å². The summed E-state index contributed by atoms with van der Waals surface area (Å²) < 4.78 is 5.25. The van der Waals surface area contributed by atoms with Crippen molar-refractivity contribution in [2.45, 2.75) is 39.2 Å². The fourth-order valence-corrected chi connectivity index (χ4v) is 2.95. The van der Waals surface area contributed by atoms with Gasteiger partial charge in [0.15, 0.2) is 5.96 Å². The third-order valence-electron chi connectivity index (χ3n) is 4.56. The molecule has 1 aliphatic rings. The molecule has 23 heavy (non-hydrogen) atoms. The average Bonchev–Trinajstić information content (AvgIpc) is 2.51. The molecule has 1 fully saturated rings. The quantitative estimate of drug-likeness (QED) is 0.509. The van der Waals surface area contributed by atoms with Gasteiger partial charge in [-0.15, -0.1) is 0 Å². The van der Waals surface area contributed by atoms with Crippen LogP contribution in [0.3, 0.4) is 0 Å². The van der Waals surface area contributed by atoms with E-state index in [0.29, 0.717) is 12.0 Å². The number of phenolic OH excluding ortho intramolecular Hbond substituents is 1. The zero-order valence-corrected chi connectivity index (χ0v) is 14.3. The van der Waals surface area contributed by atoms with E-state index in [1.807, 2.05) is 12.1 Å². The minimum Gasteiger partial charge on any atom is -0.508 e. The lowest BCUT2D eigenvalue weighted by Crippen LogP contribution is -2.46. The van der Waals surface area contributed by atoms with Crippen molar-refractivity contribution in [2.24, 2.45) is 10.4 Å². The summed E-state index contributed by atoms with van der Waals surface area (Å²) in [4.78, 5) is 4.62. The highest BCUT2D eigenvalue weighted by atomic mass is 16.5.